The topological polar surface area (TPSA) is 44.4 Å². The average molecular weight is 265 g/mol. The molecule has 0 radical (unpaired) electrons. The molecule has 104 valence electrons. The molecule has 1 aliphatic rings. The maximum atomic E-state index is 13.5. The summed E-state index contributed by atoms with van der Waals surface area (Å²) in [6, 6.07) is 4.71. The second-order valence-corrected chi connectivity index (χ2v) is 4.91. The van der Waals surface area contributed by atoms with Gasteiger partial charge in [-0.3, -0.25) is 9.69 Å². The summed E-state index contributed by atoms with van der Waals surface area (Å²) in [4.78, 5) is 14.0. The number of carbonyl (C=O) groups excluding carboxylic acids is 1. The van der Waals surface area contributed by atoms with Crippen molar-refractivity contribution in [3.63, 3.8) is 0 Å². The molecule has 2 rings (SSSR count). The van der Waals surface area contributed by atoms with Gasteiger partial charge in [0.2, 0.25) is 5.91 Å². The van der Waals surface area contributed by atoms with Crippen LogP contribution in [0.25, 0.3) is 0 Å². The highest BCUT2D eigenvalue weighted by atomic mass is 19.1. The molecule has 1 amide bonds. The maximum absolute atomic E-state index is 13.5. The zero-order valence-electron chi connectivity index (χ0n) is 11.2. The third kappa shape index (κ3) is 4.29. The number of rotatable bonds is 3. The number of hydrogen-bond acceptors (Lipinski definition) is 3. The standard InChI is InChI=1S/C14H20FN3O/c1-11-3-4-12(15)13(9-11)17-14(19)10-18-7-2-5-16-6-8-18/h3-4,9,16H,2,5-8,10H2,1H3,(H,17,19). The molecule has 5 heteroatoms. The highest BCUT2D eigenvalue weighted by molar-refractivity contribution is 5.92. The van der Waals surface area contributed by atoms with Crippen LogP contribution in [0.2, 0.25) is 0 Å². The number of nitrogens with one attached hydrogen (secondary N) is 2. The largest absolute Gasteiger partial charge is 0.322 e. The van der Waals surface area contributed by atoms with Crippen LogP contribution in [0.1, 0.15) is 12.0 Å². The lowest BCUT2D eigenvalue weighted by molar-refractivity contribution is -0.117. The Balaban J connectivity index is 1.91. The summed E-state index contributed by atoms with van der Waals surface area (Å²) < 4.78 is 13.5. The van der Waals surface area contributed by atoms with Crippen molar-refractivity contribution in [2.24, 2.45) is 0 Å². The summed E-state index contributed by atoms with van der Waals surface area (Å²) in [6.45, 7) is 5.82. The van der Waals surface area contributed by atoms with Crippen molar-refractivity contribution < 1.29 is 9.18 Å². The normalized spacial score (nSPS) is 16.9. The SMILES string of the molecule is Cc1ccc(F)c(NC(=O)CN2CCCNCC2)c1. The first-order valence-corrected chi connectivity index (χ1v) is 6.64. The highest BCUT2D eigenvalue weighted by Crippen LogP contribution is 2.15. The lowest BCUT2D eigenvalue weighted by atomic mass is 10.2. The molecule has 0 aromatic heterocycles. The molecule has 0 bridgehead atoms. The number of anilines is 1. The fourth-order valence-corrected chi connectivity index (χ4v) is 2.19. The van der Waals surface area contributed by atoms with Crippen molar-refractivity contribution in [3.05, 3.63) is 29.6 Å². The Bertz CT molecular complexity index is 442. The van der Waals surface area contributed by atoms with E-state index in [2.05, 4.69) is 15.5 Å². The van der Waals surface area contributed by atoms with E-state index in [0.717, 1.165) is 38.2 Å². The second kappa shape index (κ2) is 6.63. The monoisotopic (exact) mass is 265 g/mol. The quantitative estimate of drug-likeness (QED) is 0.867. The first-order valence-electron chi connectivity index (χ1n) is 6.64. The number of benzene rings is 1. The highest BCUT2D eigenvalue weighted by Gasteiger charge is 2.14. The van der Waals surface area contributed by atoms with Crippen LogP contribution in [0.3, 0.4) is 0 Å². The van der Waals surface area contributed by atoms with E-state index in [1.807, 2.05) is 6.92 Å². The smallest absolute Gasteiger partial charge is 0.238 e. The summed E-state index contributed by atoms with van der Waals surface area (Å²) in [5.74, 6) is -0.553. The Morgan fingerprint density at radius 3 is 3.11 bits per heavy atom. The number of carbonyl (C=O) groups is 1. The molecule has 1 fully saturated rings. The van der Waals surface area contributed by atoms with Gasteiger partial charge in [-0.2, -0.15) is 0 Å². The predicted molar refractivity (Wildman–Crippen MR) is 73.7 cm³/mol. The van der Waals surface area contributed by atoms with Crippen molar-refractivity contribution in [3.8, 4) is 0 Å². The van der Waals surface area contributed by atoms with Crippen molar-refractivity contribution in [1.82, 2.24) is 10.2 Å². The van der Waals surface area contributed by atoms with E-state index in [1.54, 1.807) is 12.1 Å². The van der Waals surface area contributed by atoms with Gasteiger partial charge in [-0.05, 0) is 44.1 Å². The van der Waals surface area contributed by atoms with Crippen LogP contribution < -0.4 is 10.6 Å². The van der Waals surface area contributed by atoms with Crippen molar-refractivity contribution in [2.45, 2.75) is 13.3 Å². The molecule has 19 heavy (non-hydrogen) atoms. The van der Waals surface area contributed by atoms with Gasteiger partial charge < -0.3 is 10.6 Å². The molecule has 0 unspecified atom stereocenters. The molecule has 1 saturated heterocycles. The summed E-state index contributed by atoms with van der Waals surface area (Å²) >= 11 is 0. The van der Waals surface area contributed by atoms with E-state index in [4.69, 9.17) is 0 Å². The van der Waals surface area contributed by atoms with Gasteiger partial charge in [-0.1, -0.05) is 6.07 Å². The molecule has 0 spiro atoms. The molecule has 0 aliphatic carbocycles. The van der Waals surface area contributed by atoms with Crippen LogP contribution in [-0.2, 0) is 4.79 Å². The first-order chi connectivity index (χ1) is 9.15. The molecule has 2 N–H and O–H groups in total. The molecule has 4 nitrogen and oxygen atoms in total. The van der Waals surface area contributed by atoms with Crippen molar-refractivity contribution >= 4 is 11.6 Å². The number of hydrogen-bond donors (Lipinski definition) is 2. The van der Waals surface area contributed by atoms with Crippen LogP contribution in [0.5, 0.6) is 0 Å². The van der Waals surface area contributed by atoms with Crippen molar-refractivity contribution in [2.75, 3.05) is 38.0 Å². The fraction of sp³-hybridized carbons (Fsp3) is 0.500. The molecule has 1 aromatic carbocycles. The molecule has 0 saturated carbocycles. The average Bonchev–Trinajstić information content (AvgIpc) is 2.62. The molecule has 1 heterocycles. The fourth-order valence-electron chi connectivity index (χ4n) is 2.19. The number of nitrogens with zero attached hydrogens (tertiary/aromatic N) is 1. The van der Waals surface area contributed by atoms with Crippen LogP contribution in [0.4, 0.5) is 10.1 Å². The Morgan fingerprint density at radius 2 is 2.26 bits per heavy atom. The van der Waals surface area contributed by atoms with Gasteiger partial charge >= 0.3 is 0 Å². The van der Waals surface area contributed by atoms with Gasteiger partial charge in [-0.25, -0.2) is 4.39 Å². The van der Waals surface area contributed by atoms with E-state index in [1.165, 1.54) is 6.07 Å². The minimum atomic E-state index is -0.392. The van der Waals surface area contributed by atoms with E-state index in [0.29, 0.717) is 6.54 Å². The Kier molecular flexibility index (Phi) is 4.87. The van der Waals surface area contributed by atoms with Crippen LogP contribution in [-0.4, -0.2) is 43.5 Å². The number of amides is 1. The predicted octanol–water partition coefficient (Wildman–Crippen LogP) is 1.37. The summed E-state index contributed by atoms with van der Waals surface area (Å²) in [6.07, 6.45) is 1.03. The lowest BCUT2D eigenvalue weighted by Gasteiger charge is -2.18. The summed E-state index contributed by atoms with van der Waals surface area (Å²) in [7, 11) is 0. The van der Waals surface area contributed by atoms with Gasteiger partial charge in [0.1, 0.15) is 5.82 Å². The molecular formula is C14H20FN3O. The van der Waals surface area contributed by atoms with Gasteiger partial charge in [-0.15, -0.1) is 0 Å². The Labute approximate surface area is 113 Å². The molecule has 1 aliphatic heterocycles. The first kappa shape index (κ1) is 14.0. The number of halogens is 1. The van der Waals surface area contributed by atoms with E-state index in [-0.39, 0.29) is 11.6 Å². The zero-order valence-corrected chi connectivity index (χ0v) is 11.2. The van der Waals surface area contributed by atoms with Gasteiger partial charge in [0.25, 0.3) is 0 Å². The maximum Gasteiger partial charge on any atom is 0.238 e. The van der Waals surface area contributed by atoms with Crippen LogP contribution in [0.15, 0.2) is 18.2 Å². The molecule has 0 atom stereocenters. The van der Waals surface area contributed by atoms with Gasteiger partial charge in [0.15, 0.2) is 0 Å². The third-order valence-electron chi connectivity index (χ3n) is 3.20. The van der Waals surface area contributed by atoms with E-state index in [9.17, 15) is 9.18 Å². The van der Waals surface area contributed by atoms with Crippen molar-refractivity contribution in [1.29, 1.82) is 0 Å². The minimum absolute atomic E-state index is 0.161. The molecule has 1 aromatic rings. The number of aryl methyl sites for hydroxylation is 1. The Hall–Kier alpha value is -1.46. The zero-order chi connectivity index (χ0) is 13.7. The summed E-state index contributed by atoms with van der Waals surface area (Å²) in [5.41, 5.74) is 1.19. The van der Waals surface area contributed by atoms with Crippen LogP contribution in [0, 0.1) is 12.7 Å². The minimum Gasteiger partial charge on any atom is -0.322 e. The third-order valence-corrected chi connectivity index (χ3v) is 3.20. The molecular weight excluding hydrogens is 245 g/mol. The van der Waals surface area contributed by atoms with Gasteiger partial charge in [0, 0.05) is 13.1 Å². The lowest BCUT2D eigenvalue weighted by Crippen LogP contribution is -2.35. The van der Waals surface area contributed by atoms with Crippen LogP contribution >= 0.6 is 0 Å². The van der Waals surface area contributed by atoms with E-state index < -0.39 is 5.82 Å². The summed E-state index contributed by atoms with van der Waals surface area (Å²) in [5, 5.41) is 5.93. The Morgan fingerprint density at radius 1 is 1.42 bits per heavy atom. The second-order valence-electron chi connectivity index (χ2n) is 4.91. The van der Waals surface area contributed by atoms with Gasteiger partial charge in [0.05, 0.1) is 12.2 Å². The van der Waals surface area contributed by atoms with E-state index >= 15 is 0 Å².